The fourth-order valence-electron chi connectivity index (χ4n) is 2.90. The lowest BCUT2D eigenvalue weighted by atomic mass is 10.0. The Bertz CT molecular complexity index is 1030. The lowest BCUT2D eigenvalue weighted by molar-refractivity contribution is -0.136. The van der Waals surface area contributed by atoms with E-state index in [-0.39, 0.29) is 5.97 Å². The number of carbonyl (C=O) groups excluding carboxylic acids is 1. The van der Waals surface area contributed by atoms with Crippen LogP contribution in [0, 0.1) is 0 Å². The summed E-state index contributed by atoms with van der Waals surface area (Å²) >= 11 is 5.15. The largest absolute Gasteiger partial charge is 0.466 e. The van der Waals surface area contributed by atoms with Crippen LogP contribution in [0.3, 0.4) is 0 Å². The van der Waals surface area contributed by atoms with Gasteiger partial charge in [-0.2, -0.15) is 0 Å². The number of nitrogens with zero attached hydrogens (tertiary/aromatic N) is 1. The molecule has 124 valence electrons. The second-order valence-electron chi connectivity index (χ2n) is 5.77. The van der Waals surface area contributed by atoms with Crippen molar-refractivity contribution in [2.45, 2.75) is 16.3 Å². The van der Waals surface area contributed by atoms with Crippen molar-refractivity contribution in [2.75, 3.05) is 7.11 Å². The van der Waals surface area contributed by atoms with E-state index >= 15 is 0 Å². The molecule has 0 bridgehead atoms. The minimum atomic E-state index is -0.308. The maximum Gasteiger partial charge on any atom is 0.334 e. The van der Waals surface area contributed by atoms with Gasteiger partial charge in [-0.25, -0.2) is 9.78 Å². The molecule has 0 aliphatic carbocycles. The molecule has 3 aromatic rings. The first-order valence-corrected chi connectivity index (χ1v) is 9.40. The number of halogens is 1. The van der Waals surface area contributed by atoms with Crippen molar-refractivity contribution >= 4 is 50.6 Å². The van der Waals surface area contributed by atoms with Gasteiger partial charge in [-0.15, -0.1) is 0 Å². The van der Waals surface area contributed by atoms with Crippen LogP contribution in [0.5, 0.6) is 0 Å². The molecule has 0 spiro atoms. The summed E-state index contributed by atoms with van der Waals surface area (Å²) in [5.74, 6) is -0.308. The number of para-hydroxylation sites is 1. The second-order valence-corrected chi connectivity index (χ2v) is 7.71. The van der Waals surface area contributed by atoms with Crippen molar-refractivity contribution in [3.05, 3.63) is 69.7 Å². The van der Waals surface area contributed by atoms with E-state index in [4.69, 9.17) is 9.72 Å². The van der Waals surface area contributed by atoms with Crippen molar-refractivity contribution in [2.24, 2.45) is 0 Å². The van der Waals surface area contributed by atoms with Gasteiger partial charge in [0, 0.05) is 32.3 Å². The SMILES string of the molecule is COC(=O)/C1=C/c2cc3ccccc3nc2Sc2ccc(Br)cc2C1. The number of rotatable bonds is 1. The number of aromatic nitrogens is 1. The summed E-state index contributed by atoms with van der Waals surface area (Å²) in [6, 6.07) is 16.2. The van der Waals surface area contributed by atoms with Gasteiger partial charge < -0.3 is 4.74 Å². The average Bonchev–Trinajstić information content (AvgIpc) is 2.61. The quantitative estimate of drug-likeness (QED) is 0.511. The molecule has 25 heavy (non-hydrogen) atoms. The molecule has 2 aromatic carbocycles. The minimum Gasteiger partial charge on any atom is -0.466 e. The second kappa shape index (κ2) is 6.65. The lowest BCUT2D eigenvalue weighted by Gasteiger charge is -2.16. The number of hydrogen-bond acceptors (Lipinski definition) is 4. The Morgan fingerprint density at radius 1 is 1.20 bits per heavy atom. The van der Waals surface area contributed by atoms with E-state index in [2.05, 4.69) is 28.1 Å². The number of methoxy groups -OCH3 is 1. The molecule has 0 radical (unpaired) electrons. The number of pyridine rings is 1. The highest BCUT2D eigenvalue weighted by molar-refractivity contribution is 9.10. The van der Waals surface area contributed by atoms with Gasteiger partial charge in [0.25, 0.3) is 0 Å². The molecule has 4 rings (SSSR count). The van der Waals surface area contributed by atoms with Gasteiger partial charge >= 0.3 is 5.97 Å². The molecule has 1 aliphatic rings. The first-order chi connectivity index (χ1) is 12.1. The van der Waals surface area contributed by atoms with Crippen LogP contribution >= 0.6 is 27.7 Å². The number of hydrogen-bond donors (Lipinski definition) is 0. The van der Waals surface area contributed by atoms with Crippen LogP contribution in [0.4, 0.5) is 0 Å². The van der Waals surface area contributed by atoms with Gasteiger partial charge in [0.05, 0.1) is 12.6 Å². The summed E-state index contributed by atoms with van der Waals surface area (Å²) in [5, 5.41) is 1.95. The fraction of sp³-hybridized carbons (Fsp3) is 0.100. The Morgan fingerprint density at radius 2 is 2.04 bits per heavy atom. The highest BCUT2D eigenvalue weighted by atomic mass is 79.9. The van der Waals surface area contributed by atoms with Crippen LogP contribution in [-0.2, 0) is 16.0 Å². The van der Waals surface area contributed by atoms with Crippen LogP contribution in [-0.4, -0.2) is 18.1 Å². The van der Waals surface area contributed by atoms with Crippen LogP contribution < -0.4 is 0 Å². The Balaban J connectivity index is 1.96. The fourth-order valence-corrected chi connectivity index (χ4v) is 4.29. The Morgan fingerprint density at radius 3 is 2.88 bits per heavy atom. The van der Waals surface area contributed by atoms with E-state index in [0.717, 1.165) is 36.4 Å². The van der Waals surface area contributed by atoms with Gasteiger partial charge in [-0.1, -0.05) is 45.9 Å². The van der Waals surface area contributed by atoms with E-state index in [1.54, 1.807) is 11.8 Å². The normalized spacial score (nSPS) is 15.4. The zero-order chi connectivity index (χ0) is 17.4. The van der Waals surface area contributed by atoms with E-state index in [1.165, 1.54) is 7.11 Å². The van der Waals surface area contributed by atoms with Gasteiger partial charge in [0.2, 0.25) is 0 Å². The Hall–Kier alpha value is -2.11. The smallest absolute Gasteiger partial charge is 0.334 e. The standard InChI is InChI=1S/C20H14BrNO2S/c1-24-20(23)15-9-13-11-16(21)6-7-18(13)25-19-14(10-15)8-12-4-2-3-5-17(12)22-19/h2-8,10-11H,9H2,1H3/b15-10+. The molecule has 0 saturated heterocycles. The molecule has 1 aromatic heterocycles. The molecule has 0 fully saturated rings. The van der Waals surface area contributed by atoms with E-state index in [1.807, 2.05) is 42.5 Å². The van der Waals surface area contributed by atoms with E-state index in [0.29, 0.717) is 12.0 Å². The number of ether oxygens (including phenoxy) is 1. The van der Waals surface area contributed by atoms with Crippen LogP contribution in [0.2, 0.25) is 0 Å². The summed E-state index contributed by atoms with van der Waals surface area (Å²) in [4.78, 5) is 18.2. The number of benzene rings is 2. The molecule has 1 aliphatic heterocycles. The molecule has 0 unspecified atom stereocenters. The highest BCUT2D eigenvalue weighted by Crippen LogP contribution is 2.38. The minimum absolute atomic E-state index is 0.308. The molecular formula is C20H14BrNO2S. The van der Waals surface area contributed by atoms with Gasteiger partial charge in [-0.3, -0.25) is 0 Å². The highest BCUT2D eigenvalue weighted by Gasteiger charge is 2.19. The first kappa shape index (κ1) is 16.4. The predicted molar refractivity (Wildman–Crippen MR) is 104 cm³/mol. The molecule has 0 amide bonds. The summed E-state index contributed by atoms with van der Waals surface area (Å²) in [5.41, 5.74) is 3.59. The molecule has 5 heteroatoms. The first-order valence-electron chi connectivity index (χ1n) is 7.79. The maximum absolute atomic E-state index is 12.3. The molecule has 3 nitrogen and oxygen atoms in total. The summed E-state index contributed by atoms with van der Waals surface area (Å²) in [6.07, 6.45) is 2.43. The van der Waals surface area contributed by atoms with E-state index in [9.17, 15) is 4.79 Å². The van der Waals surface area contributed by atoms with Gasteiger partial charge in [0.15, 0.2) is 0 Å². The third-order valence-electron chi connectivity index (χ3n) is 4.10. The maximum atomic E-state index is 12.3. The molecule has 2 heterocycles. The molecular weight excluding hydrogens is 398 g/mol. The zero-order valence-corrected chi connectivity index (χ0v) is 15.9. The van der Waals surface area contributed by atoms with Crippen LogP contribution in [0.1, 0.15) is 11.1 Å². The topological polar surface area (TPSA) is 39.2 Å². The van der Waals surface area contributed by atoms with Crippen molar-refractivity contribution in [3.8, 4) is 0 Å². The van der Waals surface area contributed by atoms with Crippen molar-refractivity contribution in [3.63, 3.8) is 0 Å². The number of fused-ring (bicyclic) bond motifs is 3. The monoisotopic (exact) mass is 411 g/mol. The number of carbonyl (C=O) groups is 1. The molecule has 0 saturated carbocycles. The van der Waals surface area contributed by atoms with Gasteiger partial charge in [-0.05, 0) is 42.0 Å². The van der Waals surface area contributed by atoms with Crippen LogP contribution in [0.25, 0.3) is 17.0 Å². The van der Waals surface area contributed by atoms with Crippen molar-refractivity contribution < 1.29 is 9.53 Å². The zero-order valence-electron chi connectivity index (χ0n) is 13.5. The van der Waals surface area contributed by atoms with Gasteiger partial charge in [0.1, 0.15) is 5.03 Å². The third-order valence-corrected chi connectivity index (χ3v) is 5.74. The predicted octanol–water partition coefficient (Wildman–Crippen LogP) is 5.26. The summed E-state index contributed by atoms with van der Waals surface area (Å²) < 4.78 is 5.98. The Labute approximate surface area is 158 Å². The van der Waals surface area contributed by atoms with E-state index < -0.39 is 0 Å². The number of esters is 1. The average molecular weight is 412 g/mol. The summed E-state index contributed by atoms with van der Waals surface area (Å²) in [6.45, 7) is 0. The summed E-state index contributed by atoms with van der Waals surface area (Å²) in [7, 11) is 1.41. The van der Waals surface area contributed by atoms with Crippen molar-refractivity contribution in [1.82, 2.24) is 4.98 Å². The van der Waals surface area contributed by atoms with Crippen molar-refractivity contribution in [1.29, 1.82) is 0 Å². The molecule has 0 atom stereocenters. The third kappa shape index (κ3) is 3.22. The van der Waals surface area contributed by atoms with Crippen LogP contribution in [0.15, 0.2) is 68.5 Å². The lowest BCUT2D eigenvalue weighted by Crippen LogP contribution is -2.09. The Kier molecular flexibility index (Phi) is 4.36. The molecule has 0 N–H and O–H groups in total.